The molecule has 1 aliphatic rings. The van der Waals surface area contributed by atoms with Gasteiger partial charge in [0.25, 0.3) is 5.91 Å². The first-order valence-electron chi connectivity index (χ1n) is 10.3. The summed E-state index contributed by atoms with van der Waals surface area (Å²) < 4.78 is 16.0. The van der Waals surface area contributed by atoms with Crippen molar-refractivity contribution in [2.24, 2.45) is 0 Å². The monoisotopic (exact) mass is 394 g/mol. The van der Waals surface area contributed by atoms with E-state index in [1.165, 1.54) is 12.5 Å². The van der Waals surface area contributed by atoms with E-state index in [1.807, 2.05) is 6.07 Å². The smallest absolute Gasteiger partial charge is 0.270 e. The fourth-order valence-electron chi connectivity index (χ4n) is 3.82. The van der Waals surface area contributed by atoms with Crippen LogP contribution in [-0.2, 0) is 5.41 Å². The normalized spacial score (nSPS) is 15.6. The van der Waals surface area contributed by atoms with E-state index in [-0.39, 0.29) is 23.2 Å². The van der Waals surface area contributed by atoms with Crippen molar-refractivity contribution in [2.75, 3.05) is 0 Å². The molecule has 0 radical (unpaired) electrons. The maximum absolute atomic E-state index is 14.4. The molecule has 0 saturated heterocycles. The van der Waals surface area contributed by atoms with Crippen molar-refractivity contribution in [3.05, 3.63) is 53.6 Å². The number of nitrogens with zero attached hydrogens (tertiary/aromatic N) is 3. The molecule has 3 aromatic rings. The standard InChI is InChI=1S/C23H27FN4O/c1-23(2,3)20-14-21-26-18(16-11-7-8-12-17(16)24)13-19(28(21)27-20)22(29)25-15-9-5-4-6-10-15/h7-8,11-15H,4-6,9-10H2,1-3H3,(H,25,29). The molecule has 4 rings (SSSR count). The predicted molar refractivity (Wildman–Crippen MR) is 111 cm³/mol. The van der Waals surface area contributed by atoms with Crippen molar-refractivity contribution >= 4 is 11.6 Å². The second-order valence-electron chi connectivity index (χ2n) is 8.86. The first kappa shape index (κ1) is 19.6. The van der Waals surface area contributed by atoms with Crippen molar-refractivity contribution in [1.29, 1.82) is 0 Å². The molecule has 1 N–H and O–H groups in total. The number of carbonyl (C=O) groups is 1. The highest BCUT2D eigenvalue weighted by atomic mass is 19.1. The molecule has 1 fully saturated rings. The fourth-order valence-corrected chi connectivity index (χ4v) is 3.82. The highest BCUT2D eigenvalue weighted by molar-refractivity contribution is 5.94. The van der Waals surface area contributed by atoms with E-state index in [2.05, 4.69) is 36.2 Å². The average Bonchev–Trinajstić information content (AvgIpc) is 3.13. The number of hydrogen-bond acceptors (Lipinski definition) is 3. The molecule has 2 aromatic heterocycles. The Balaban J connectivity index is 1.82. The van der Waals surface area contributed by atoms with Crippen LogP contribution in [0.2, 0.25) is 0 Å². The van der Waals surface area contributed by atoms with Gasteiger partial charge in [-0.25, -0.2) is 13.9 Å². The molecule has 2 heterocycles. The van der Waals surface area contributed by atoms with Crippen LogP contribution in [0.1, 0.15) is 69.1 Å². The van der Waals surface area contributed by atoms with Gasteiger partial charge in [0, 0.05) is 23.1 Å². The Kier molecular flexibility index (Phi) is 5.11. The summed E-state index contributed by atoms with van der Waals surface area (Å²) in [6, 6.07) is 10.2. The molecule has 152 valence electrons. The Labute approximate surface area is 170 Å². The average molecular weight is 394 g/mol. The summed E-state index contributed by atoms with van der Waals surface area (Å²) in [6.45, 7) is 6.19. The van der Waals surface area contributed by atoms with E-state index in [1.54, 1.807) is 28.8 Å². The van der Waals surface area contributed by atoms with E-state index < -0.39 is 0 Å². The molecule has 0 aliphatic heterocycles. The fraction of sp³-hybridized carbons (Fsp3) is 0.435. The molecular weight excluding hydrogens is 367 g/mol. The first-order valence-corrected chi connectivity index (χ1v) is 10.3. The molecule has 1 amide bonds. The van der Waals surface area contributed by atoms with Crippen molar-refractivity contribution in [1.82, 2.24) is 19.9 Å². The minimum absolute atomic E-state index is 0.175. The summed E-state index contributed by atoms with van der Waals surface area (Å²) in [4.78, 5) is 17.8. The number of aromatic nitrogens is 3. The van der Waals surface area contributed by atoms with Gasteiger partial charge in [-0.1, -0.05) is 52.2 Å². The zero-order valence-corrected chi connectivity index (χ0v) is 17.2. The van der Waals surface area contributed by atoms with Crippen LogP contribution >= 0.6 is 0 Å². The molecule has 0 bridgehead atoms. The topological polar surface area (TPSA) is 59.3 Å². The highest BCUT2D eigenvalue weighted by Gasteiger charge is 2.24. The summed E-state index contributed by atoms with van der Waals surface area (Å²) in [5, 5.41) is 7.80. The van der Waals surface area contributed by atoms with Crippen molar-refractivity contribution < 1.29 is 9.18 Å². The maximum Gasteiger partial charge on any atom is 0.270 e. The number of rotatable bonds is 3. The van der Waals surface area contributed by atoms with E-state index in [9.17, 15) is 9.18 Å². The van der Waals surface area contributed by atoms with Gasteiger partial charge in [0.05, 0.1) is 11.4 Å². The second kappa shape index (κ2) is 7.58. The van der Waals surface area contributed by atoms with Crippen LogP contribution in [0.4, 0.5) is 4.39 Å². The maximum atomic E-state index is 14.4. The van der Waals surface area contributed by atoms with Crippen LogP contribution in [0.25, 0.3) is 16.9 Å². The summed E-state index contributed by atoms with van der Waals surface area (Å²) in [6.07, 6.45) is 5.47. The van der Waals surface area contributed by atoms with Crippen LogP contribution in [0, 0.1) is 5.82 Å². The number of carbonyl (C=O) groups excluding carboxylic acids is 1. The van der Waals surface area contributed by atoms with Crippen LogP contribution in [-0.4, -0.2) is 26.5 Å². The number of hydrogen-bond donors (Lipinski definition) is 1. The zero-order chi connectivity index (χ0) is 20.6. The largest absolute Gasteiger partial charge is 0.348 e. The zero-order valence-electron chi connectivity index (χ0n) is 17.2. The van der Waals surface area contributed by atoms with Crippen LogP contribution in [0.5, 0.6) is 0 Å². The van der Waals surface area contributed by atoms with E-state index in [4.69, 9.17) is 0 Å². The van der Waals surface area contributed by atoms with Gasteiger partial charge in [-0.05, 0) is 31.0 Å². The number of benzene rings is 1. The Hall–Kier alpha value is -2.76. The van der Waals surface area contributed by atoms with Crippen LogP contribution in [0.3, 0.4) is 0 Å². The Morgan fingerprint density at radius 3 is 2.55 bits per heavy atom. The molecule has 0 spiro atoms. The van der Waals surface area contributed by atoms with E-state index >= 15 is 0 Å². The van der Waals surface area contributed by atoms with Crippen LogP contribution in [0.15, 0.2) is 36.4 Å². The minimum Gasteiger partial charge on any atom is -0.348 e. The molecule has 5 nitrogen and oxygen atoms in total. The third-order valence-electron chi connectivity index (χ3n) is 5.52. The molecule has 0 unspecified atom stereocenters. The van der Waals surface area contributed by atoms with Gasteiger partial charge in [0.2, 0.25) is 0 Å². The van der Waals surface area contributed by atoms with Gasteiger partial charge in [0.15, 0.2) is 5.65 Å². The second-order valence-corrected chi connectivity index (χ2v) is 8.86. The molecule has 1 saturated carbocycles. The predicted octanol–water partition coefficient (Wildman–Crippen LogP) is 4.90. The van der Waals surface area contributed by atoms with Gasteiger partial charge >= 0.3 is 0 Å². The quantitative estimate of drug-likeness (QED) is 0.688. The number of amides is 1. The molecule has 6 heteroatoms. The molecule has 0 atom stereocenters. The highest BCUT2D eigenvalue weighted by Crippen LogP contribution is 2.27. The van der Waals surface area contributed by atoms with Gasteiger partial charge < -0.3 is 5.32 Å². The Morgan fingerprint density at radius 1 is 1.14 bits per heavy atom. The van der Waals surface area contributed by atoms with E-state index in [0.717, 1.165) is 31.4 Å². The summed E-state index contributed by atoms with van der Waals surface area (Å²) in [7, 11) is 0. The third kappa shape index (κ3) is 4.02. The number of nitrogens with one attached hydrogen (secondary N) is 1. The molecule has 1 aliphatic carbocycles. The lowest BCUT2D eigenvalue weighted by molar-refractivity contribution is 0.0920. The van der Waals surface area contributed by atoms with Crippen molar-refractivity contribution in [3.8, 4) is 11.3 Å². The lowest BCUT2D eigenvalue weighted by atomic mass is 9.93. The molecule has 1 aromatic carbocycles. The van der Waals surface area contributed by atoms with E-state index in [0.29, 0.717) is 22.6 Å². The third-order valence-corrected chi connectivity index (χ3v) is 5.52. The van der Waals surface area contributed by atoms with Crippen molar-refractivity contribution in [3.63, 3.8) is 0 Å². The van der Waals surface area contributed by atoms with Crippen LogP contribution < -0.4 is 5.32 Å². The van der Waals surface area contributed by atoms with Gasteiger partial charge in [-0.2, -0.15) is 5.10 Å². The SMILES string of the molecule is CC(C)(C)c1cc2nc(-c3ccccc3F)cc(C(=O)NC3CCCCC3)n2n1. The molecule has 29 heavy (non-hydrogen) atoms. The van der Waals surface area contributed by atoms with Crippen molar-refractivity contribution in [2.45, 2.75) is 64.3 Å². The summed E-state index contributed by atoms with van der Waals surface area (Å²) >= 11 is 0. The van der Waals surface area contributed by atoms with Gasteiger partial charge in [-0.15, -0.1) is 0 Å². The number of halogens is 1. The number of fused-ring (bicyclic) bond motifs is 1. The summed E-state index contributed by atoms with van der Waals surface area (Å²) in [5.74, 6) is -0.552. The Bertz CT molecular complexity index is 1040. The van der Waals surface area contributed by atoms with Gasteiger partial charge in [0.1, 0.15) is 11.5 Å². The Morgan fingerprint density at radius 2 is 1.86 bits per heavy atom. The lowest BCUT2D eigenvalue weighted by Crippen LogP contribution is -2.37. The lowest BCUT2D eigenvalue weighted by Gasteiger charge is -2.23. The summed E-state index contributed by atoms with van der Waals surface area (Å²) in [5.41, 5.74) is 2.38. The molecular formula is C23H27FN4O. The van der Waals surface area contributed by atoms with Gasteiger partial charge in [-0.3, -0.25) is 4.79 Å². The minimum atomic E-state index is -0.362. The first-order chi connectivity index (χ1) is 13.8.